The van der Waals surface area contributed by atoms with E-state index in [2.05, 4.69) is 15.1 Å². The Balaban J connectivity index is 1.68. The van der Waals surface area contributed by atoms with Crippen LogP contribution >= 0.6 is 0 Å². The predicted molar refractivity (Wildman–Crippen MR) is 112 cm³/mol. The molecular weight excluding hydrogens is 388 g/mol. The number of sulfonamides is 1. The van der Waals surface area contributed by atoms with Crippen molar-refractivity contribution in [2.75, 3.05) is 11.3 Å². The smallest absolute Gasteiger partial charge is 0.262 e. The third kappa shape index (κ3) is 5.45. The minimum Gasteiger partial charge on any atom is -0.352 e. The highest BCUT2D eigenvalue weighted by Crippen LogP contribution is 2.21. The van der Waals surface area contributed by atoms with Crippen molar-refractivity contribution < 1.29 is 13.2 Å². The monoisotopic (exact) mass is 412 g/mol. The van der Waals surface area contributed by atoms with Gasteiger partial charge in [0.1, 0.15) is 0 Å². The summed E-state index contributed by atoms with van der Waals surface area (Å²) in [5.74, 6) is -0.308. The van der Waals surface area contributed by atoms with Gasteiger partial charge in [-0.25, -0.2) is 8.42 Å². The van der Waals surface area contributed by atoms with Crippen LogP contribution in [-0.4, -0.2) is 30.7 Å². The van der Waals surface area contributed by atoms with Gasteiger partial charge in [-0.15, -0.1) is 0 Å². The van der Waals surface area contributed by atoms with E-state index in [1.807, 2.05) is 25.3 Å². The van der Waals surface area contributed by atoms with Crippen LogP contribution in [0, 0.1) is 13.8 Å². The largest absolute Gasteiger partial charge is 0.352 e. The number of nitrogens with one attached hydrogen (secondary N) is 2. The van der Waals surface area contributed by atoms with E-state index in [1.54, 1.807) is 48.1 Å². The number of anilines is 1. The van der Waals surface area contributed by atoms with Crippen LogP contribution in [0.1, 0.15) is 27.9 Å². The molecule has 0 atom stereocenters. The highest BCUT2D eigenvalue weighted by molar-refractivity contribution is 7.92. The number of hydrogen-bond donors (Lipinski definition) is 2. The van der Waals surface area contributed by atoms with E-state index < -0.39 is 10.0 Å². The van der Waals surface area contributed by atoms with Crippen molar-refractivity contribution in [3.63, 3.8) is 0 Å². The van der Waals surface area contributed by atoms with Crippen molar-refractivity contribution in [1.29, 1.82) is 0 Å². The van der Waals surface area contributed by atoms with Crippen molar-refractivity contribution in [2.45, 2.75) is 31.7 Å². The fraction of sp³-hybridized carbons (Fsp3) is 0.238. The quantitative estimate of drug-likeness (QED) is 0.556. The Labute approximate surface area is 170 Å². The maximum absolute atomic E-state index is 12.8. The first-order chi connectivity index (χ1) is 13.8. The van der Waals surface area contributed by atoms with Gasteiger partial charge in [0.25, 0.3) is 15.9 Å². The standard InChI is InChI=1S/C21H24N4O3S/c1-16-6-3-7-19(14-16)24-29(27,28)20-15-18(9-8-17(20)2)21(26)22-10-4-12-25-13-5-11-23-25/h3,5-9,11,13-15,24H,4,10,12H2,1-2H3,(H,22,26). The van der Waals surface area contributed by atoms with Gasteiger partial charge in [-0.1, -0.05) is 18.2 Å². The van der Waals surface area contributed by atoms with Crippen LogP contribution in [0.5, 0.6) is 0 Å². The highest BCUT2D eigenvalue weighted by Gasteiger charge is 2.19. The van der Waals surface area contributed by atoms with Crippen LogP contribution in [0.15, 0.2) is 65.8 Å². The number of aryl methyl sites for hydroxylation is 3. The van der Waals surface area contributed by atoms with E-state index in [9.17, 15) is 13.2 Å². The van der Waals surface area contributed by atoms with E-state index in [4.69, 9.17) is 0 Å². The van der Waals surface area contributed by atoms with Gasteiger partial charge in [-0.2, -0.15) is 5.10 Å². The molecule has 3 aromatic rings. The number of carbonyl (C=O) groups excluding carboxylic acids is 1. The molecule has 2 aromatic carbocycles. The average Bonchev–Trinajstić information content (AvgIpc) is 3.18. The molecule has 0 radical (unpaired) electrons. The third-order valence-electron chi connectivity index (χ3n) is 4.42. The lowest BCUT2D eigenvalue weighted by atomic mass is 10.1. The van der Waals surface area contributed by atoms with Crippen LogP contribution in [-0.2, 0) is 16.6 Å². The summed E-state index contributed by atoms with van der Waals surface area (Å²) >= 11 is 0. The van der Waals surface area contributed by atoms with Crippen molar-refractivity contribution in [3.8, 4) is 0 Å². The number of hydrogen-bond acceptors (Lipinski definition) is 4. The Kier molecular flexibility index (Phi) is 6.33. The minimum absolute atomic E-state index is 0.0863. The highest BCUT2D eigenvalue weighted by atomic mass is 32.2. The van der Waals surface area contributed by atoms with E-state index in [0.29, 0.717) is 29.9 Å². The lowest BCUT2D eigenvalue weighted by Crippen LogP contribution is -2.26. The van der Waals surface area contributed by atoms with Crippen molar-refractivity contribution in [1.82, 2.24) is 15.1 Å². The van der Waals surface area contributed by atoms with Crippen LogP contribution < -0.4 is 10.0 Å². The Bertz CT molecular complexity index is 1090. The topological polar surface area (TPSA) is 93.1 Å². The normalized spacial score (nSPS) is 11.2. The van der Waals surface area contributed by atoms with Gasteiger partial charge in [0, 0.05) is 36.7 Å². The summed E-state index contributed by atoms with van der Waals surface area (Å²) in [6, 6.07) is 13.6. The number of aromatic nitrogens is 2. The second-order valence-corrected chi connectivity index (χ2v) is 8.48. The molecule has 0 saturated carbocycles. The Morgan fingerprint density at radius 2 is 1.93 bits per heavy atom. The average molecular weight is 413 g/mol. The number of rotatable bonds is 8. The van der Waals surface area contributed by atoms with E-state index in [0.717, 1.165) is 12.0 Å². The van der Waals surface area contributed by atoms with Gasteiger partial charge in [-0.05, 0) is 61.7 Å². The molecule has 3 rings (SSSR count). The molecule has 0 spiro atoms. The second-order valence-electron chi connectivity index (χ2n) is 6.83. The summed E-state index contributed by atoms with van der Waals surface area (Å²) < 4.78 is 30.1. The molecule has 0 saturated heterocycles. The molecule has 0 aliphatic heterocycles. The summed E-state index contributed by atoms with van der Waals surface area (Å²) in [7, 11) is -3.81. The molecule has 1 amide bonds. The lowest BCUT2D eigenvalue weighted by molar-refractivity contribution is 0.0952. The molecule has 2 N–H and O–H groups in total. The zero-order valence-corrected chi connectivity index (χ0v) is 17.2. The first kappa shape index (κ1) is 20.6. The molecule has 0 aliphatic carbocycles. The second kappa shape index (κ2) is 8.91. The fourth-order valence-corrected chi connectivity index (χ4v) is 4.25. The Hall–Kier alpha value is -3.13. The fourth-order valence-electron chi connectivity index (χ4n) is 2.93. The van der Waals surface area contributed by atoms with Crippen LogP contribution in [0.25, 0.3) is 0 Å². The van der Waals surface area contributed by atoms with E-state index in [-0.39, 0.29) is 10.8 Å². The molecule has 1 aromatic heterocycles. The Morgan fingerprint density at radius 3 is 2.66 bits per heavy atom. The molecule has 8 heteroatoms. The molecule has 29 heavy (non-hydrogen) atoms. The maximum atomic E-state index is 12.8. The molecule has 0 bridgehead atoms. The molecule has 0 unspecified atom stereocenters. The molecule has 1 heterocycles. The van der Waals surface area contributed by atoms with Crippen LogP contribution in [0.2, 0.25) is 0 Å². The van der Waals surface area contributed by atoms with Crippen molar-refractivity contribution >= 4 is 21.6 Å². The molecular formula is C21H24N4O3S. The summed E-state index contributed by atoms with van der Waals surface area (Å²) in [6.45, 7) is 4.76. The Morgan fingerprint density at radius 1 is 1.10 bits per heavy atom. The predicted octanol–water partition coefficient (Wildman–Crippen LogP) is 3.12. The molecule has 0 aliphatic rings. The zero-order valence-electron chi connectivity index (χ0n) is 16.4. The first-order valence-corrected chi connectivity index (χ1v) is 10.8. The minimum atomic E-state index is -3.81. The van der Waals surface area contributed by atoms with E-state index >= 15 is 0 Å². The van der Waals surface area contributed by atoms with Crippen molar-refractivity contribution in [2.24, 2.45) is 0 Å². The van der Waals surface area contributed by atoms with Gasteiger partial charge in [0.2, 0.25) is 0 Å². The first-order valence-electron chi connectivity index (χ1n) is 9.31. The summed E-state index contributed by atoms with van der Waals surface area (Å²) in [5.41, 5.74) is 2.31. The van der Waals surface area contributed by atoms with Crippen LogP contribution in [0.3, 0.4) is 0 Å². The summed E-state index contributed by atoms with van der Waals surface area (Å²) in [5, 5.41) is 6.93. The molecule has 0 fully saturated rings. The van der Waals surface area contributed by atoms with Crippen molar-refractivity contribution in [3.05, 3.63) is 77.6 Å². The van der Waals surface area contributed by atoms with Gasteiger partial charge >= 0.3 is 0 Å². The summed E-state index contributed by atoms with van der Waals surface area (Å²) in [6.07, 6.45) is 4.29. The number of amides is 1. The maximum Gasteiger partial charge on any atom is 0.262 e. The molecule has 7 nitrogen and oxygen atoms in total. The molecule has 152 valence electrons. The van der Waals surface area contributed by atoms with Crippen LogP contribution in [0.4, 0.5) is 5.69 Å². The van der Waals surface area contributed by atoms with E-state index in [1.165, 1.54) is 6.07 Å². The number of carbonyl (C=O) groups is 1. The van der Waals surface area contributed by atoms with Gasteiger partial charge < -0.3 is 5.32 Å². The lowest BCUT2D eigenvalue weighted by Gasteiger charge is -2.13. The van der Waals surface area contributed by atoms with Gasteiger partial charge in [-0.3, -0.25) is 14.2 Å². The number of benzene rings is 2. The SMILES string of the molecule is Cc1cccc(NS(=O)(=O)c2cc(C(=O)NCCCn3cccn3)ccc2C)c1. The summed E-state index contributed by atoms with van der Waals surface area (Å²) in [4.78, 5) is 12.5. The van der Waals surface area contributed by atoms with Gasteiger partial charge in [0.15, 0.2) is 0 Å². The number of nitrogens with zero attached hydrogens (tertiary/aromatic N) is 2. The third-order valence-corrected chi connectivity index (χ3v) is 5.94. The van der Waals surface area contributed by atoms with Gasteiger partial charge in [0.05, 0.1) is 4.90 Å². The zero-order chi connectivity index (χ0) is 20.9.